The molecule has 1 aromatic carbocycles. The van der Waals surface area contributed by atoms with Crippen LogP contribution in [0.25, 0.3) is 0 Å². The second kappa shape index (κ2) is 5.55. The van der Waals surface area contributed by atoms with Gasteiger partial charge in [-0.3, -0.25) is 4.79 Å². The monoisotopic (exact) mass is 299 g/mol. The minimum atomic E-state index is -0.145. The van der Waals surface area contributed by atoms with Gasteiger partial charge < -0.3 is 9.42 Å². The van der Waals surface area contributed by atoms with Gasteiger partial charge in [-0.15, -0.1) is 0 Å². The lowest BCUT2D eigenvalue weighted by Crippen LogP contribution is -2.24. The van der Waals surface area contributed by atoms with Crippen LogP contribution in [0.4, 0.5) is 0 Å². The lowest BCUT2D eigenvalue weighted by Gasteiger charge is -2.15. The van der Waals surface area contributed by atoms with Gasteiger partial charge in [-0.25, -0.2) is 0 Å². The van der Waals surface area contributed by atoms with E-state index in [-0.39, 0.29) is 17.2 Å². The minimum absolute atomic E-state index is 0.000174. The fraction of sp³-hybridized carbons (Fsp3) is 0.471. The van der Waals surface area contributed by atoms with E-state index in [1.165, 1.54) is 0 Å². The predicted octanol–water partition coefficient (Wildman–Crippen LogP) is 2.88. The number of likely N-dealkylation sites (tertiary alicyclic amines) is 1. The SMILES string of the molecule is CC(C)(C)c1noc(C2CC(=O)N(Cc3ccccc3)C2)n1. The van der Waals surface area contributed by atoms with Crippen molar-refractivity contribution in [1.29, 1.82) is 0 Å². The molecule has 2 heterocycles. The third-order valence-corrected chi connectivity index (χ3v) is 3.89. The highest BCUT2D eigenvalue weighted by atomic mass is 16.5. The Balaban J connectivity index is 1.70. The van der Waals surface area contributed by atoms with Crippen molar-refractivity contribution in [3.05, 3.63) is 47.6 Å². The summed E-state index contributed by atoms with van der Waals surface area (Å²) in [6.45, 7) is 7.41. The van der Waals surface area contributed by atoms with Crippen LogP contribution in [-0.2, 0) is 16.8 Å². The van der Waals surface area contributed by atoms with Gasteiger partial charge in [-0.2, -0.15) is 4.98 Å². The number of nitrogens with zero attached hydrogens (tertiary/aromatic N) is 3. The van der Waals surface area contributed by atoms with E-state index >= 15 is 0 Å². The number of hydrogen-bond acceptors (Lipinski definition) is 4. The first kappa shape index (κ1) is 14.8. The minimum Gasteiger partial charge on any atom is -0.339 e. The van der Waals surface area contributed by atoms with Crippen molar-refractivity contribution in [2.75, 3.05) is 6.54 Å². The van der Waals surface area contributed by atoms with Crippen molar-refractivity contribution < 1.29 is 9.32 Å². The van der Waals surface area contributed by atoms with E-state index in [0.29, 0.717) is 31.2 Å². The zero-order valence-corrected chi connectivity index (χ0v) is 13.2. The zero-order valence-electron chi connectivity index (χ0n) is 13.2. The first-order valence-electron chi connectivity index (χ1n) is 7.59. The van der Waals surface area contributed by atoms with Crippen LogP contribution < -0.4 is 0 Å². The third kappa shape index (κ3) is 3.03. The summed E-state index contributed by atoms with van der Waals surface area (Å²) in [5.74, 6) is 1.41. The molecule has 0 spiro atoms. The molecule has 0 bridgehead atoms. The molecule has 1 fully saturated rings. The molecule has 116 valence electrons. The molecule has 1 saturated heterocycles. The molecule has 1 aromatic heterocycles. The van der Waals surface area contributed by atoms with Crippen LogP contribution in [0, 0.1) is 0 Å². The van der Waals surface area contributed by atoms with Gasteiger partial charge in [-0.05, 0) is 5.56 Å². The highest BCUT2D eigenvalue weighted by Gasteiger charge is 2.35. The van der Waals surface area contributed by atoms with E-state index in [9.17, 15) is 4.79 Å². The van der Waals surface area contributed by atoms with Crippen LogP contribution >= 0.6 is 0 Å². The van der Waals surface area contributed by atoms with Gasteiger partial charge in [-0.1, -0.05) is 56.3 Å². The number of aromatic nitrogens is 2. The van der Waals surface area contributed by atoms with Crippen LogP contribution in [0.5, 0.6) is 0 Å². The van der Waals surface area contributed by atoms with Crippen LogP contribution in [0.15, 0.2) is 34.9 Å². The lowest BCUT2D eigenvalue weighted by atomic mass is 9.96. The third-order valence-electron chi connectivity index (χ3n) is 3.89. The Morgan fingerprint density at radius 2 is 2.00 bits per heavy atom. The molecule has 0 radical (unpaired) electrons. The normalized spacial score (nSPS) is 19.0. The Morgan fingerprint density at radius 1 is 1.27 bits per heavy atom. The first-order valence-corrected chi connectivity index (χ1v) is 7.59. The molecule has 1 amide bonds. The summed E-state index contributed by atoms with van der Waals surface area (Å²) in [5.41, 5.74) is 0.992. The van der Waals surface area contributed by atoms with Crippen molar-refractivity contribution in [2.45, 2.75) is 45.1 Å². The Hall–Kier alpha value is -2.17. The van der Waals surface area contributed by atoms with Crippen LogP contribution in [-0.4, -0.2) is 27.5 Å². The standard InChI is InChI=1S/C17H21N3O2/c1-17(2,3)16-18-15(22-19-16)13-9-14(21)20(11-13)10-12-7-5-4-6-8-12/h4-8,13H,9-11H2,1-3H3. The Bertz CT molecular complexity index is 658. The molecule has 2 aromatic rings. The summed E-state index contributed by atoms with van der Waals surface area (Å²) < 4.78 is 5.38. The molecule has 0 aliphatic carbocycles. The maximum atomic E-state index is 12.2. The molecule has 0 saturated carbocycles. The second-order valence-electron chi connectivity index (χ2n) is 6.87. The summed E-state index contributed by atoms with van der Waals surface area (Å²) in [6.07, 6.45) is 0.443. The van der Waals surface area contributed by atoms with Gasteiger partial charge in [0.25, 0.3) is 0 Å². The van der Waals surface area contributed by atoms with Crippen molar-refractivity contribution >= 4 is 5.91 Å². The number of benzene rings is 1. The highest BCUT2D eigenvalue weighted by molar-refractivity contribution is 5.79. The fourth-order valence-electron chi connectivity index (χ4n) is 2.60. The summed E-state index contributed by atoms with van der Waals surface area (Å²) in [4.78, 5) is 18.5. The molecule has 22 heavy (non-hydrogen) atoms. The average Bonchev–Trinajstić information content (AvgIpc) is 3.07. The first-order chi connectivity index (χ1) is 10.4. The van der Waals surface area contributed by atoms with E-state index in [1.807, 2.05) is 56.0 Å². The average molecular weight is 299 g/mol. The van der Waals surface area contributed by atoms with Crippen LogP contribution in [0.3, 0.4) is 0 Å². The lowest BCUT2D eigenvalue weighted by molar-refractivity contribution is -0.128. The molecular formula is C17H21N3O2. The Morgan fingerprint density at radius 3 is 2.64 bits per heavy atom. The molecule has 1 aliphatic heterocycles. The molecular weight excluding hydrogens is 278 g/mol. The second-order valence-corrected chi connectivity index (χ2v) is 6.87. The van der Waals surface area contributed by atoms with Crippen molar-refractivity contribution in [3.63, 3.8) is 0 Å². The largest absolute Gasteiger partial charge is 0.339 e. The van der Waals surface area contributed by atoms with Crippen molar-refractivity contribution in [3.8, 4) is 0 Å². The zero-order chi connectivity index (χ0) is 15.7. The number of amides is 1. The van der Waals surface area contributed by atoms with Crippen LogP contribution in [0.1, 0.15) is 50.4 Å². The van der Waals surface area contributed by atoms with Gasteiger partial charge in [0.2, 0.25) is 11.8 Å². The van der Waals surface area contributed by atoms with Gasteiger partial charge in [0, 0.05) is 24.9 Å². The predicted molar refractivity (Wildman–Crippen MR) is 82.2 cm³/mol. The van der Waals surface area contributed by atoms with Gasteiger partial charge in [0.1, 0.15) is 0 Å². The van der Waals surface area contributed by atoms with E-state index in [1.54, 1.807) is 0 Å². The summed E-state index contributed by atoms with van der Waals surface area (Å²) >= 11 is 0. The Labute approximate surface area is 130 Å². The van der Waals surface area contributed by atoms with Crippen molar-refractivity contribution in [2.24, 2.45) is 0 Å². The van der Waals surface area contributed by atoms with Gasteiger partial charge >= 0.3 is 0 Å². The maximum Gasteiger partial charge on any atom is 0.232 e. The summed E-state index contributed by atoms with van der Waals surface area (Å²) in [7, 11) is 0. The van der Waals surface area contributed by atoms with E-state index in [2.05, 4.69) is 10.1 Å². The van der Waals surface area contributed by atoms with Crippen LogP contribution in [0.2, 0.25) is 0 Å². The maximum absolute atomic E-state index is 12.2. The Kier molecular flexibility index (Phi) is 3.72. The molecule has 3 rings (SSSR count). The molecule has 1 atom stereocenters. The van der Waals surface area contributed by atoms with Gasteiger partial charge in [0.05, 0.1) is 5.92 Å². The smallest absolute Gasteiger partial charge is 0.232 e. The van der Waals surface area contributed by atoms with E-state index in [0.717, 1.165) is 5.56 Å². The topological polar surface area (TPSA) is 59.2 Å². The number of carbonyl (C=O) groups is 1. The number of hydrogen-bond donors (Lipinski definition) is 0. The molecule has 1 aliphatic rings. The molecule has 5 heteroatoms. The molecule has 0 N–H and O–H groups in total. The number of rotatable bonds is 3. The highest BCUT2D eigenvalue weighted by Crippen LogP contribution is 2.29. The van der Waals surface area contributed by atoms with Gasteiger partial charge in [0.15, 0.2) is 5.82 Å². The quantitative estimate of drug-likeness (QED) is 0.874. The summed E-state index contributed by atoms with van der Waals surface area (Å²) in [5, 5.41) is 4.05. The van der Waals surface area contributed by atoms with E-state index < -0.39 is 0 Å². The molecule has 5 nitrogen and oxygen atoms in total. The fourth-order valence-corrected chi connectivity index (χ4v) is 2.60. The summed E-state index contributed by atoms with van der Waals surface area (Å²) in [6, 6.07) is 10.0. The van der Waals surface area contributed by atoms with Crippen molar-refractivity contribution in [1.82, 2.24) is 15.0 Å². The number of carbonyl (C=O) groups excluding carboxylic acids is 1. The molecule has 1 unspecified atom stereocenters. The van der Waals surface area contributed by atoms with E-state index in [4.69, 9.17) is 4.52 Å².